The highest BCUT2D eigenvalue weighted by atomic mass is 16.7. The molecule has 0 aliphatic carbocycles. The van der Waals surface area contributed by atoms with Crippen molar-refractivity contribution in [1.82, 2.24) is 0 Å². The van der Waals surface area contributed by atoms with Gasteiger partial charge in [0.1, 0.15) is 18.1 Å². The Kier molecular flexibility index (Phi) is 26.9. The molecule has 3 aliphatic heterocycles. The van der Waals surface area contributed by atoms with E-state index in [1.165, 1.54) is 0 Å². The van der Waals surface area contributed by atoms with Gasteiger partial charge in [-0.15, -0.1) is 0 Å². The minimum atomic E-state index is -2.27. The molecule has 0 aromatic rings. The van der Waals surface area contributed by atoms with Crippen molar-refractivity contribution in [1.29, 1.82) is 0 Å². The molecule has 2 saturated heterocycles. The molecule has 0 radical (unpaired) electrons. The van der Waals surface area contributed by atoms with E-state index < -0.39 is 135 Å². The topological polar surface area (TPSA) is 309 Å². The summed E-state index contributed by atoms with van der Waals surface area (Å²) in [6, 6.07) is -1.11. The summed E-state index contributed by atoms with van der Waals surface area (Å²) < 4.78 is 28.8. The maximum Gasteiger partial charge on any atom is 0.314 e. The highest BCUT2D eigenvalue weighted by molar-refractivity contribution is 5.74. The minimum Gasteiger partial charge on any atom is -0.465 e. The fraction of sp³-hybridized carbons (Fsp3) is 0.680. The standard InChI is InChI=1S/C50H79NO17/c1-4-5-18-23-64-48(62)45-41(58)30-50(63)29-36(54)26-40(57)38(55)22-21-34(52)25-35(53)27-44(60)66-33(3)24-39(56)32(2)19-16-14-12-10-8-6-7-9-11-13-15-17-20-37(28-43(45)68-50)67-49-47(61)46(51)42(59)31-65-49/h6-17,19-20,32-43,45-47,49,52-59,61,63H,4-5,18,21-31,51H2,1-3H3/b7-6+,10-8+,11-9+,14-12+,15-13+,19-16+,20-17+/t32-,33-,34?,35?,36?,37?,38?,39-,40?,41-,42+,43-,45+,46-,47+,49-,50?/m0/s1. The number of hydrogen-bond acceptors (Lipinski definition) is 18. The average molecular weight is 966 g/mol. The summed E-state index contributed by atoms with van der Waals surface area (Å²) in [6.07, 6.45) is 8.05. The molecule has 18 nitrogen and oxygen atoms in total. The summed E-state index contributed by atoms with van der Waals surface area (Å²) >= 11 is 0. The van der Waals surface area contributed by atoms with Crippen LogP contribution in [0.3, 0.4) is 0 Å². The molecule has 2 bridgehead atoms. The number of carbonyl (C=O) groups excluding carboxylic acids is 2. The lowest BCUT2D eigenvalue weighted by Crippen LogP contribution is -2.59. The van der Waals surface area contributed by atoms with Gasteiger partial charge < -0.3 is 80.5 Å². The van der Waals surface area contributed by atoms with Gasteiger partial charge in [0.05, 0.1) is 86.7 Å². The number of aliphatic hydroxyl groups excluding tert-OH is 9. The van der Waals surface area contributed by atoms with Crippen LogP contribution in [0.15, 0.2) is 85.1 Å². The van der Waals surface area contributed by atoms with Crippen LogP contribution in [0.4, 0.5) is 0 Å². The Morgan fingerprint density at radius 1 is 0.706 bits per heavy atom. The van der Waals surface area contributed by atoms with E-state index in [2.05, 4.69) is 0 Å². The van der Waals surface area contributed by atoms with Crippen molar-refractivity contribution >= 4 is 11.9 Å². The Morgan fingerprint density at radius 3 is 1.96 bits per heavy atom. The van der Waals surface area contributed by atoms with Gasteiger partial charge in [-0.25, -0.2) is 0 Å². The number of ether oxygens (including phenoxy) is 5. The van der Waals surface area contributed by atoms with Gasteiger partial charge in [0.2, 0.25) is 0 Å². The number of cyclic esters (lactones) is 1. The monoisotopic (exact) mass is 966 g/mol. The first-order valence-corrected chi connectivity index (χ1v) is 23.9. The van der Waals surface area contributed by atoms with Crippen LogP contribution in [0.1, 0.15) is 97.8 Å². The molecule has 0 saturated carbocycles. The number of rotatable bonds is 7. The molecule has 0 spiro atoms. The highest BCUT2D eigenvalue weighted by Gasteiger charge is 2.51. The third kappa shape index (κ3) is 21.7. The minimum absolute atomic E-state index is 0.0732. The van der Waals surface area contributed by atoms with E-state index >= 15 is 0 Å². The molecule has 0 aromatic heterocycles. The molecule has 2 fully saturated rings. The second-order valence-corrected chi connectivity index (χ2v) is 18.2. The van der Waals surface area contributed by atoms with Gasteiger partial charge in [-0.05, 0) is 32.6 Å². The van der Waals surface area contributed by atoms with Crippen LogP contribution >= 0.6 is 0 Å². The summed E-state index contributed by atoms with van der Waals surface area (Å²) in [5.74, 6) is -5.37. The molecule has 17 atom stereocenters. The number of hydrogen-bond donors (Lipinski definition) is 11. The van der Waals surface area contributed by atoms with E-state index in [1.54, 1.807) is 61.6 Å². The predicted molar refractivity (Wildman–Crippen MR) is 251 cm³/mol. The smallest absolute Gasteiger partial charge is 0.314 e. The van der Waals surface area contributed by atoms with Crippen LogP contribution in [-0.2, 0) is 33.3 Å². The van der Waals surface area contributed by atoms with Gasteiger partial charge in [-0.1, -0.05) is 112 Å². The largest absolute Gasteiger partial charge is 0.465 e. The molecular formula is C50H79NO17. The van der Waals surface area contributed by atoms with E-state index in [0.29, 0.717) is 6.42 Å². The van der Waals surface area contributed by atoms with Gasteiger partial charge in [-0.3, -0.25) is 9.59 Å². The first-order valence-electron chi connectivity index (χ1n) is 23.9. The zero-order valence-corrected chi connectivity index (χ0v) is 39.6. The molecule has 3 aliphatic rings. The fourth-order valence-corrected chi connectivity index (χ4v) is 8.10. The quantitative estimate of drug-likeness (QED) is 0.128. The van der Waals surface area contributed by atoms with E-state index in [9.17, 15) is 60.7 Å². The first-order chi connectivity index (χ1) is 32.3. The Morgan fingerprint density at radius 2 is 1.32 bits per heavy atom. The maximum atomic E-state index is 13.6. The maximum absolute atomic E-state index is 13.6. The third-order valence-electron chi connectivity index (χ3n) is 12.0. The van der Waals surface area contributed by atoms with Gasteiger partial charge in [0.25, 0.3) is 0 Å². The molecule has 386 valence electrons. The second kappa shape index (κ2) is 31.0. The zero-order chi connectivity index (χ0) is 50.2. The van der Waals surface area contributed by atoms with Crippen LogP contribution in [0.5, 0.6) is 0 Å². The molecule has 7 unspecified atom stereocenters. The number of nitrogens with two attached hydrogens (primary N) is 1. The van der Waals surface area contributed by atoms with Crippen molar-refractivity contribution < 1.29 is 84.3 Å². The Bertz CT molecular complexity index is 1680. The van der Waals surface area contributed by atoms with Crippen LogP contribution in [-0.4, -0.2) is 168 Å². The Balaban J connectivity index is 1.89. The molecule has 0 amide bonds. The first kappa shape index (κ1) is 58.9. The van der Waals surface area contributed by atoms with Crippen LogP contribution in [0, 0.1) is 11.8 Å². The van der Waals surface area contributed by atoms with E-state index in [1.807, 2.05) is 44.2 Å². The van der Waals surface area contributed by atoms with Crippen molar-refractivity contribution in [2.24, 2.45) is 17.6 Å². The van der Waals surface area contributed by atoms with E-state index in [4.69, 9.17) is 29.4 Å². The van der Waals surface area contributed by atoms with E-state index in [-0.39, 0.29) is 51.2 Å². The molecule has 68 heavy (non-hydrogen) atoms. The van der Waals surface area contributed by atoms with Crippen LogP contribution < -0.4 is 5.73 Å². The summed E-state index contributed by atoms with van der Waals surface area (Å²) in [4.78, 5) is 26.1. The van der Waals surface area contributed by atoms with E-state index in [0.717, 1.165) is 12.8 Å². The molecule has 3 heterocycles. The van der Waals surface area contributed by atoms with Crippen molar-refractivity contribution in [2.75, 3.05) is 13.2 Å². The van der Waals surface area contributed by atoms with Crippen molar-refractivity contribution in [3.8, 4) is 0 Å². The van der Waals surface area contributed by atoms with Crippen molar-refractivity contribution in [2.45, 2.75) is 189 Å². The third-order valence-corrected chi connectivity index (χ3v) is 12.0. The van der Waals surface area contributed by atoms with Gasteiger partial charge >= 0.3 is 11.9 Å². The van der Waals surface area contributed by atoms with Crippen LogP contribution in [0.25, 0.3) is 0 Å². The number of carbonyl (C=O) groups is 2. The van der Waals surface area contributed by atoms with Gasteiger partial charge in [0.15, 0.2) is 12.1 Å². The average Bonchev–Trinajstić information content (AvgIpc) is 3.26. The number of aliphatic hydroxyl groups is 10. The van der Waals surface area contributed by atoms with Gasteiger partial charge in [-0.2, -0.15) is 0 Å². The number of esters is 2. The summed E-state index contributed by atoms with van der Waals surface area (Å²) in [5.41, 5.74) is 6.01. The molecule has 18 heteroatoms. The molecule has 0 aromatic carbocycles. The summed E-state index contributed by atoms with van der Waals surface area (Å²) in [5, 5.41) is 109. The number of allylic oxidation sites excluding steroid dienone is 12. The molecular weight excluding hydrogens is 887 g/mol. The summed E-state index contributed by atoms with van der Waals surface area (Å²) in [6.45, 7) is 5.28. The SMILES string of the molecule is CCCCCOC(=O)[C@H]1[C@@H]2CC(O[C@@H]3OC[C@@H](O)[C@H](N)[C@H]3O)/C=C/C=C/C=C/C=C/C=C/C=C/C=C/[C@H](C)[C@@H](O)C[C@H](C)OC(=O)CC(O)CC(O)CCC(O)C(O)CC(O)CC(O)(C[C@@H]1O)O2. The van der Waals surface area contributed by atoms with Gasteiger partial charge in [0, 0.05) is 38.0 Å². The predicted octanol–water partition coefficient (Wildman–Crippen LogP) is 1.73. The molecule has 3 rings (SSSR count). The lowest BCUT2D eigenvalue weighted by molar-refractivity contribution is -0.306. The second-order valence-electron chi connectivity index (χ2n) is 18.2. The lowest BCUT2D eigenvalue weighted by atomic mass is 9.82. The Hall–Kier alpha value is -3.44. The summed E-state index contributed by atoms with van der Waals surface area (Å²) in [7, 11) is 0. The fourth-order valence-electron chi connectivity index (χ4n) is 8.10. The van der Waals surface area contributed by atoms with Crippen molar-refractivity contribution in [3.05, 3.63) is 85.1 Å². The number of fused-ring (bicyclic) bond motifs is 2. The zero-order valence-electron chi connectivity index (χ0n) is 39.6. The lowest BCUT2D eigenvalue weighted by Gasteiger charge is -2.45. The normalized spacial score (nSPS) is 41.8. The van der Waals surface area contributed by atoms with Crippen LogP contribution in [0.2, 0.25) is 0 Å². The molecule has 12 N–H and O–H groups in total. The highest BCUT2D eigenvalue weighted by Crippen LogP contribution is 2.38. The number of unbranched alkanes of at least 4 members (excludes halogenated alkanes) is 2. The Labute approximate surface area is 400 Å². The van der Waals surface area contributed by atoms with Crippen molar-refractivity contribution in [3.63, 3.8) is 0 Å².